The molecule has 0 fully saturated rings. The first-order valence-electron chi connectivity index (χ1n) is 9.59. The van der Waals surface area contributed by atoms with Crippen LogP contribution in [-0.2, 0) is 26.0 Å². The molecular weight excluding hydrogens is 414 g/mol. The number of carbonyl (C=O) groups excluding carboxylic acids is 1. The SMILES string of the molecule is O=C(O)C(Cc1ccc2ccccc2c1)C(=O)NS(=O)(=O)c1ccc2ccccc2c1. The van der Waals surface area contributed by atoms with Crippen molar-refractivity contribution in [3.8, 4) is 0 Å². The Bertz CT molecular complexity index is 1410. The van der Waals surface area contributed by atoms with E-state index in [0.717, 1.165) is 16.2 Å². The molecule has 2 N–H and O–H groups in total. The first-order valence-corrected chi connectivity index (χ1v) is 11.1. The van der Waals surface area contributed by atoms with E-state index in [1.807, 2.05) is 47.2 Å². The van der Waals surface area contributed by atoms with Gasteiger partial charge in [0.15, 0.2) is 0 Å². The van der Waals surface area contributed by atoms with Gasteiger partial charge in [0.05, 0.1) is 4.90 Å². The number of hydrogen-bond acceptors (Lipinski definition) is 4. The van der Waals surface area contributed by atoms with E-state index in [9.17, 15) is 23.1 Å². The fourth-order valence-corrected chi connectivity index (χ4v) is 4.54. The van der Waals surface area contributed by atoms with Crippen LogP contribution in [0, 0.1) is 5.92 Å². The summed E-state index contributed by atoms with van der Waals surface area (Å²) >= 11 is 0. The number of rotatable bonds is 6. The largest absolute Gasteiger partial charge is 0.481 e. The molecule has 4 aromatic rings. The van der Waals surface area contributed by atoms with Gasteiger partial charge in [-0.15, -0.1) is 0 Å². The van der Waals surface area contributed by atoms with Gasteiger partial charge in [-0.3, -0.25) is 9.59 Å². The van der Waals surface area contributed by atoms with Crippen molar-refractivity contribution in [1.82, 2.24) is 4.72 Å². The maximum atomic E-state index is 12.7. The molecule has 0 aliphatic rings. The lowest BCUT2D eigenvalue weighted by Gasteiger charge is -2.14. The Morgan fingerprint density at radius 1 is 0.774 bits per heavy atom. The molecule has 1 unspecified atom stereocenters. The molecular formula is C24H19NO5S. The quantitative estimate of drug-likeness (QED) is 0.451. The molecule has 0 saturated carbocycles. The molecule has 0 spiro atoms. The molecule has 0 radical (unpaired) electrons. The van der Waals surface area contributed by atoms with E-state index in [1.165, 1.54) is 12.1 Å². The van der Waals surface area contributed by atoms with Crippen molar-refractivity contribution in [2.75, 3.05) is 0 Å². The summed E-state index contributed by atoms with van der Waals surface area (Å²) in [6.45, 7) is 0. The highest BCUT2D eigenvalue weighted by atomic mass is 32.2. The average molecular weight is 433 g/mol. The third-order valence-electron chi connectivity index (χ3n) is 5.13. The Morgan fingerprint density at radius 3 is 1.94 bits per heavy atom. The Morgan fingerprint density at radius 2 is 1.32 bits per heavy atom. The first-order chi connectivity index (χ1) is 14.8. The molecule has 156 valence electrons. The third-order valence-corrected chi connectivity index (χ3v) is 6.48. The van der Waals surface area contributed by atoms with Gasteiger partial charge in [0.1, 0.15) is 5.92 Å². The zero-order chi connectivity index (χ0) is 22.0. The molecule has 7 heteroatoms. The predicted molar refractivity (Wildman–Crippen MR) is 118 cm³/mol. The Labute approximate surface area is 179 Å². The molecule has 0 bridgehead atoms. The molecule has 0 saturated heterocycles. The number of hydrogen-bond donors (Lipinski definition) is 2. The van der Waals surface area contributed by atoms with E-state index in [4.69, 9.17) is 0 Å². The van der Waals surface area contributed by atoms with Gasteiger partial charge >= 0.3 is 5.97 Å². The van der Waals surface area contributed by atoms with E-state index >= 15 is 0 Å². The third kappa shape index (κ3) is 4.41. The highest BCUT2D eigenvalue weighted by Crippen LogP contribution is 2.21. The summed E-state index contributed by atoms with van der Waals surface area (Å²) in [5, 5.41) is 13.0. The van der Waals surface area contributed by atoms with Crippen molar-refractivity contribution in [2.45, 2.75) is 11.3 Å². The zero-order valence-corrected chi connectivity index (χ0v) is 17.2. The highest BCUT2D eigenvalue weighted by Gasteiger charge is 2.30. The van der Waals surface area contributed by atoms with Crippen LogP contribution in [0.15, 0.2) is 89.8 Å². The second-order valence-corrected chi connectivity index (χ2v) is 8.94. The van der Waals surface area contributed by atoms with Crippen LogP contribution in [0.25, 0.3) is 21.5 Å². The van der Waals surface area contributed by atoms with Gasteiger partial charge in [0.25, 0.3) is 10.0 Å². The fourth-order valence-electron chi connectivity index (χ4n) is 3.49. The smallest absolute Gasteiger partial charge is 0.316 e. The van der Waals surface area contributed by atoms with Gasteiger partial charge < -0.3 is 5.11 Å². The summed E-state index contributed by atoms with van der Waals surface area (Å²) in [7, 11) is -4.22. The zero-order valence-electron chi connectivity index (χ0n) is 16.4. The van der Waals surface area contributed by atoms with Crippen LogP contribution in [0.4, 0.5) is 0 Å². The summed E-state index contributed by atoms with van der Waals surface area (Å²) in [5.41, 5.74) is 0.629. The standard InChI is InChI=1S/C24H19NO5S/c26-23(25-31(29,30)21-12-11-18-6-2-4-8-20(18)15-21)22(24(27)28)14-16-9-10-17-5-1-3-7-19(17)13-16/h1-13,15,22H,14H2,(H,25,26)(H,27,28). The summed E-state index contributed by atoms with van der Waals surface area (Å²) in [5.74, 6) is -4.01. The summed E-state index contributed by atoms with van der Waals surface area (Å²) < 4.78 is 27.4. The highest BCUT2D eigenvalue weighted by molar-refractivity contribution is 7.90. The monoisotopic (exact) mass is 433 g/mol. The second kappa shape index (κ2) is 8.20. The first kappa shape index (κ1) is 20.6. The number of benzene rings is 4. The molecule has 0 aromatic heterocycles. The van der Waals surface area contributed by atoms with Crippen LogP contribution in [-0.4, -0.2) is 25.4 Å². The van der Waals surface area contributed by atoms with E-state index in [2.05, 4.69) is 0 Å². The number of sulfonamides is 1. The fraction of sp³-hybridized carbons (Fsp3) is 0.0833. The molecule has 6 nitrogen and oxygen atoms in total. The van der Waals surface area contributed by atoms with Crippen LogP contribution in [0.2, 0.25) is 0 Å². The maximum absolute atomic E-state index is 12.7. The van der Waals surface area contributed by atoms with E-state index in [-0.39, 0.29) is 11.3 Å². The topological polar surface area (TPSA) is 101 Å². The average Bonchev–Trinajstić information content (AvgIpc) is 2.76. The van der Waals surface area contributed by atoms with Gasteiger partial charge in [-0.1, -0.05) is 72.8 Å². The molecule has 4 aromatic carbocycles. The lowest BCUT2D eigenvalue weighted by molar-refractivity contribution is -0.146. The van der Waals surface area contributed by atoms with Crippen molar-refractivity contribution in [1.29, 1.82) is 0 Å². The van der Waals surface area contributed by atoms with Gasteiger partial charge in [-0.05, 0) is 45.7 Å². The molecule has 0 aliphatic carbocycles. The molecule has 1 amide bonds. The van der Waals surface area contributed by atoms with Gasteiger partial charge in [0, 0.05) is 0 Å². The van der Waals surface area contributed by atoms with E-state index < -0.39 is 27.8 Å². The van der Waals surface area contributed by atoms with Crippen molar-refractivity contribution in [2.24, 2.45) is 5.92 Å². The van der Waals surface area contributed by atoms with E-state index in [1.54, 1.807) is 30.3 Å². The number of nitrogens with one attached hydrogen (secondary N) is 1. The summed E-state index contributed by atoms with van der Waals surface area (Å²) in [6, 6.07) is 24.6. The Balaban J connectivity index is 1.57. The Hall–Kier alpha value is -3.71. The normalized spacial score (nSPS) is 12.5. The number of aliphatic carboxylic acids is 1. The molecule has 1 atom stereocenters. The van der Waals surface area contributed by atoms with Crippen molar-refractivity contribution in [3.63, 3.8) is 0 Å². The van der Waals surface area contributed by atoms with Crippen molar-refractivity contribution >= 4 is 43.4 Å². The summed E-state index contributed by atoms with van der Waals surface area (Å²) in [6.07, 6.45) is -0.126. The Kier molecular flexibility index (Phi) is 5.44. The van der Waals surface area contributed by atoms with Gasteiger partial charge in [0.2, 0.25) is 5.91 Å². The van der Waals surface area contributed by atoms with Crippen LogP contribution in [0.1, 0.15) is 5.56 Å². The minimum Gasteiger partial charge on any atom is -0.481 e. The molecule has 4 rings (SSSR count). The van der Waals surface area contributed by atoms with Crippen LogP contribution < -0.4 is 4.72 Å². The molecule has 0 aliphatic heterocycles. The minimum absolute atomic E-state index is 0.102. The maximum Gasteiger partial charge on any atom is 0.316 e. The van der Waals surface area contributed by atoms with Crippen molar-refractivity contribution < 1.29 is 23.1 Å². The minimum atomic E-state index is -4.22. The van der Waals surface area contributed by atoms with Gasteiger partial charge in [-0.25, -0.2) is 13.1 Å². The molecule has 31 heavy (non-hydrogen) atoms. The second-order valence-electron chi connectivity index (χ2n) is 7.26. The number of carboxylic acids is 1. The number of carbonyl (C=O) groups is 2. The van der Waals surface area contributed by atoms with Gasteiger partial charge in [-0.2, -0.15) is 0 Å². The van der Waals surface area contributed by atoms with Crippen LogP contribution in [0.3, 0.4) is 0 Å². The lowest BCUT2D eigenvalue weighted by atomic mass is 9.97. The van der Waals surface area contributed by atoms with Crippen LogP contribution in [0.5, 0.6) is 0 Å². The summed E-state index contributed by atoms with van der Waals surface area (Å²) in [4.78, 5) is 24.3. The number of fused-ring (bicyclic) bond motifs is 2. The van der Waals surface area contributed by atoms with Crippen molar-refractivity contribution in [3.05, 3.63) is 90.5 Å². The lowest BCUT2D eigenvalue weighted by Crippen LogP contribution is -2.40. The predicted octanol–water partition coefficient (Wildman–Crippen LogP) is 3.74. The molecule has 0 heterocycles. The van der Waals surface area contributed by atoms with Crippen LogP contribution >= 0.6 is 0 Å². The number of carboxylic acid groups (broad SMARTS) is 1. The van der Waals surface area contributed by atoms with E-state index in [0.29, 0.717) is 10.9 Å². The number of amides is 1.